The molecule has 1 aromatic heterocycles. The van der Waals surface area contributed by atoms with Gasteiger partial charge in [0.25, 0.3) is 10.0 Å². The summed E-state index contributed by atoms with van der Waals surface area (Å²) in [6.45, 7) is 1.02. The summed E-state index contributed by atoms with van der Waals surface area (Å²) >= 11 is 0. The van der Waals surface area contributed by atoms with Crippen LogP contribution in [0.4, 0.5) is 0 Å². The van der Waals surface area contributed by atoms with E-state index < -0.39 is 10.0 Å². The Morgan fingerprint density at radius 3 is 2.63 bits per heavy atom. The number of nitrogens with zero attached hydrogens (tertiary/aromatic N) is 3. The highest BCUT2D eigenvalue weighted by Gasteiger charge is 2.12. The summed E-state index contributed by atoms with van der Waals surface area (Å²) in [5, 5.41) is 11.9. The summed E-state index contributed by atoms with van der Waals surface area (Å²) in [4.78, 5) is 0. The topological polar surface area (TPSA) is 100 Å². The molecule has 1 aromatic carbocycles. The third-order valence-corrected chi connectivity index (χ3v) is 3.12. The van der Waals surface area contributed by atoms with E-state index in [1.54, 1.807) is 0 Å². The van der Waals surface area contributed by atoms with Crippen molar-refractivity contribution in [3.63, 3.8) is 0 Å². The maximum Gasteiger partial charge on any atom is 0.259 e. The van der Waals surface area contributed by atoms with E-state index in [4.69, 9.17) is 9.88 Å². The number of sulfonamides is 1. The fourth-order valence-corrected chi connectivity index (χ4v) is 1.87. The van der Waals surface area contributed by atoms with Crippen LogP contribution in [0.1, 0.15) is 6.42 Å². The number of hydrogen-bond acceptors (Lipinski definition) is 5. The second-order valence-electron chi connectivity index (χ2n) is 3.88. The minimum Gasteiger partial charge on any atom is -0.494 e. The molecule has 0 atom stereocenters. The maximum absolute atomic E-state index is 11.0. The van der Waals surface area contributed by atoms with Gasteiger partial charge in [0, 0.05) is 13.0 Å². The number of hydrogen-bond donors (Lipinski definition) is 1. The quantitative estimate of drug-likeness (QED) is 0.773. The zero-order valence-electron chi connectivity index (χ0n) is 10.1. The Bertz CT molecular complexity index is 624. The van der Waals surface area contributed by atoms with Crippen molar-refractivity contribution in [3.05, 3.63) is 36.5 Å². The molecule has 0 aliphatic carbocycles. The van der Waals surface area contributed by atoms with Gasteiger partial charge in [-0.25, -0.2) is 13.6 Å². The van der Waals surface area contributed by atoms with Gasteiger partial charge in [-0.15, -0.1) is 5.10 Å². The predicted octanol–water partition coefficient (Wildman–Crippen LogP) is 0.395. The van der Waals surface area contributed by atoms with Gasteiger partial charge < -0.3 is 4.74 Å². The van der Waals surface area contributed by atoms with E-state index in [2.05, 4.69) is 10.3 Å². The van der Waals surface area contributed by atoms with Crippen LogP contribution in [0.5, 0.6) is 5.75 Å². The van der Waals surface area contributed by atoms with E-state index in [-0.39, 0.29) is 5.03 Å². The van der Waals surface area contributed by atoms with E-state index in [1.807, 2.05) is 30.3 Å². The summed E-state index contributed by atoms with van der Waals surface area (Å²) in [5.41, 5.74) is 0. The van der Waals surface area contributed by atoms with Gasteiger partial charge in [0.2, 0.25) is 5.03 Å². The van der Waals surface area contributed by atoms with E-state index >= 15 is 0 Å². The lowest BCUT2D eigenvalue weighted by Gasteiger charge is -2.05. The fraction of sp³-hybridized carbons (Fsp3) is 0.273. The standard InChI is InChI=1S/C11H14N4O3S/c12-19(16,17)11-9-15(14-13-11)7-4-8-18-10-5-2-1-3-6-10/h1-3,5-6,9H,4,7-8H2,(H2,12,16,17). The van der Waals surface area contributed by atoms with Gasteiger partial charge >= 0.3 is 0 Å². The molecule has 0 saturated heterocycles. The van der Waals surface area contributed by atoms with Crippen LogP contribution in [-0.4, -0.2) is 30.0 Å². The number of primary sulfonamides is 1. The second kappa shape index (κ2) is 5.81. The number of ether oxygens (including phenoxy) is 1. The van der Waals surface area contributed by atoms with Gasteiger partial charge in [-0.3, -0.25) is 4.68 Å². The second-order valence-corrected chi connectivity index (χ2v) is 5.39. The summed E-state index contributed by atoms with van der Waals surface area (Å²) in [7, 11) is -3.78. The molecular weight excluding hydrogens is 268 g/mol. The zero-order chi connectivity index (χ0) is 13.7. The largest absolute Gasteiger partial charge is 0.494 e. The molecule has 2 N–H and O–H groups in total. The van der Waals surface area contributed by atoms with Crippen molar-refractivity contribution in [2.24, 2.45) is 5.14 Å². The van der Waals surface area contributed by atoms with Crippen molar-refractivity contribution < 1.29 is 13.2 Å². The number of rotatable bonds is 6. The lowest BCUT2D eigenvalue weighted by Crippen LogP contribution is -2.12. The molecule has 0 amide bonds. The highest BCUT2D eigenvalue weighted by Crippen LogP contribution is 2.08. The van der Waals surface area contributed by atoms with Crippen molar-refractivity contribution in [2.45, 2.75) is 18.0 Å². The van der Waals surface area contributed by atoms with Crippen LogP contribution in [0.2, 0.25) is 0 Å². The van der Waals surface area contributed by atoms with Gasteiger partial charge in [0.15, 0.2) is 0 Å². The van der Waals surface area contributed by atoms with Crippen LogP contribution in [0.3, 0.4) is 0 Å². The third-order valence-electron chi connectivity index (χ3n) is 2.35. The summed E-state index contributed by atoms with van der Waals surface area (Å²) in [6.07, 6.45) is 1.99. The number of nitrogens with two attached hydrogens (primary N) is 1. The molecule has 8 heteroatoms. The molecular formula is C11H14N4O3S. The van der Waals surface area contributed by atoms with Crippen LogP contribution in [0.15, 0.2) is 41.6 Å². The summed E-state index contributed by atoms with van der Waals surface area (Å²) in [6, 6.07) is 9.44. The molecule has 0 unspecified atom stereocenters. The van der Waals surface area contributed by atoms with E-state index in [9.17, 15) is 8.42 Å². The monoisotopic (exact) mass is 282 g/mol. The number of aryl methyl sites for hydroxylation is 1. The molecule has 0 saturated carbocycles. The van der Waals surface area contributed by atoms with Gasteiger partial charge in [-0.05, 0) is 12.1 Å². The Hall–Kier alpha value is -1.93. The van der Waals surface area contributed by atoms with Crippen LogP contribution in [0.25, 0.3) is 0 Å². The molecule has 0 aliphatic rings. The summed E-state index contributed by atoms with van der Waals surface area (Å²) in [5.74, 6) is 0.798. The van der Waals surface area contributed by atoms with Gasteiger partial charge in [0.1, 0.15) is 5.75 Å². The average molecular weight is 282 g/mol. The van der Waals surface area contributed by atoms with Crippen LogP contribution in [-0.2, 0) is 16.6 Å². The van der Waals surface area contributed by atoms with Gasteiger partial charge in [0.05, 0.1) is 12.8 Å². The molecule has 2 rings (SSSR count). The lowest BCUT2D eigenvalue weighted by atomic mass is 10.3. The minimum atomic E-state index is -3.78. The van der Waals surface area contributed by atoms with Crippen LogP contribution >= 0.6 is 0 Å². The Labute approximate surface area is 111 Å². The first kappa shape index (κ1) is 13.5. The number of aromatic nitrogens is 3. The first-order chi connectivity index (χ1) is 9.05. The van der Waals surface area contributed by atoms with Crippen molar-refractivity contribution in [1.29, 1.82) is 0 Å². The smallest absolute Gasteiger partial charge is 0.259 e. The molecule has 0 radical (unpaired) electrons. The Morgan fingerprint density at radius 1 is 1.26 bits per heavy atom. The van der Waals surface area contributed by atoms with Crippen molar-refractivity contribution in [2.75, 3.05) is 6.61 Å². The third kappa shape index (κ3) is 4.04. The van der Waals surface area contributed by atoms with Gasteiger partial charge in [-0.2, -0.15) is 0 Å². The molecule has 19 heavy (non-hydrogen) atoms. The Morgan fingerprint density at radius 2 is 2.00 bits per heavy atom. The average Bonchev–Trinajstić information content (AvgIpc) is 2.85. The van der Waals surface area contributed by atoms with E-state index in [0.717, 1.165) is 5.75 Å². The summed E-state index contributed by atoms with van der Waals surface area (Å²) < 4.78 is 28.9. The number of benzene rings is 1. The van der Waals surface area contributed by atoms with Crippen molar-refractivity contribution in [1.82, 2.24) is 15.0 Å². The van der Waals surface area contributed by atoms with Crippen LogP contribution < -0.4 is 9.88 Å². The molecule has 7 nitrogen and oxygen atoms in total. The highest BCUT2D eigenvalue weighted by atomic mass is 32.2. The lowest BCUT2D eigenvalue weighted by molar-refractivity contribution is 0.298. The SMILES string of the molecule is NS(=O)(=O)c1cn(CCCOc2ccccc2)nn1. The van der Waals surface area contributed by atoms with Gasteiger partial charge in [-0.1, -0.05) is 23.4 Å². The Balaban J connectivity index is 1.79. The zero-order valence-corrected chi connectivity index (χ0v) is 11.0. The highest BCUT2D eigenvalue weighted by molar-refractivity contribution is 7.89. The first-order valence-electron chi connectivity index (χ1n) is 5.66. The molecule has 2 aromatic rings. The van der Waals surface area contributed by atoms with Crippen molar-refractivity contribution in [3.8, 4) is 5.75 Å². The minimum absolute atomic E-state index is 0.225. The molecule has 0 aliphatic heterocycles. The fourth-order valence-electron chi connectivity index (χ4n) is 1.45. The molecule has 1 heterocycles. The predicted molar refractivity (Wildman–Crippen MR) is 67.9 cm³/mol. The maximum atomic E-state index is 11.0. The van der Waals surface area contributed by atoms with E-state index in [0.29, 0.717) is 19.6 Å². The first-order valence-corrected chi connectivity index (χ1v) is 7.21. The van der Waals surface area contributed by atoms with Crippen molar-refractivity contribution >= 4 is 10.0 Å². The molecule has 102 valence electrons. The van der Waals surface area contributed by atoms with E-state index in [1.165, 1.54) is 10.9 Å². The molecule has 0 fully saturated rings. The normalized spacial score (nSPS) is 11.4. The Kier molecular flexibility index (Phi) is 4.13. The molecule has 0 spiro atoms. The number of para-hydroxylation sites is 1. The molecule has 0 bridgehead atoms. The van der Waals surface area contributed by atoms with Crippen LogP contribution in [0, 0.1) is 0 Å².